The average Bonchev–Trinajstić information content (AvgIpc) is 3.46. The van der Waals surface area contributed by atoms with Gasteiger partial charge in [0.1, 0.15) is 0 Å². The van der Waals surface area contributed by atoms with E-state index in [1.54, 1.807) is 17.6 Å². The Morgan fingerprint density at radius 2 is 1.07 bits per heavy atom. The summed E-state index contributed by atoms with van der Waals surface area (Å²) >= 11 is -2.76. The zero-order chi connectivity index (χ0) is 29.1. The molecule has 1 unspecified atom stereocenters. The zero-order valence-electron chi connectivity index (χ0n) is 25.9. The van der Waals surface area contributed by atoms with E-state index in [0.29, 0.717) is 9.54 Å². The van der Waals surface area contributed by atoms with Crippen molar-refractivity contribution in [3.63, 3.8) is 0 Å². The molecule has 0 saturated carbocycles. The van der Waals surface area contributed by atoms with Gasteiger partial charge in [-0.1, -0.05) is 0 Å². The van der Waals surface area contributed by atoms with Crippen molar-refractivity contribution in [2.24, 2.45) is 11.3 Å². The Hall–Kier alpha value is -2.89. The van der Waals surface area contributed by atoms with Gasteiger partial charge in [0.2, 0.25) is 0 Å². The van der Waals surface area contributed by atoms with Crippen LogP contribution in [0.4, 0.5) is 0 Å². The molecule has 0 N–H and O–H groups in total. The van der Waals surface area contributed by atoms with Gasteiger partial charge in [0.15, 0.2) is 0 Å². The molecule has 0 fully saturated rings. The van der Waals surface area contributed by atoms with Gasteiger partial charge >= 0.3 is 256 Å². The van der Waals surface area contributed by atoms with E-state index in [9.17, 15) is 0 Å². The summed E-state index contributed by atoms with van der Waals surface area (Å²) in [5.41, 5.74) is 16.1. The summed E-state index contributed by atoms with van der Waals surface area (Å²) in [5.74, 6) is 0.451. The van der Waals surface area contributed by atoms with E-state index in [0.717, 1.165) is 0 Å². The topological polar surface area (TPSA) is 0 Å². The summed E-state index contributed by atoms with van der Waals surface area (Å²) in [7, 11) is 0. The fraction of sp³-hybridized carbons (Fsp3) is 0.275. The van der Waals surface area contributed by atoms with Crippen molar-refractivity contribution in [3.8, 4) is 11.1 Å². The molecule has 0 amide bonds. The van der Waals surface area contributed by atoms with Crippen LogP contribution < -0.4 is 0 Å². The van der Waals surface area contributed by atoms with Gasteiger partial charge in [-0.2, -0.15) is 0 Å². The first kappa shape index (κ1) is 28.2. The molecule has 1 atom stereocenters. The number of aryl methyl sites for hydroxylation is 4. The first-order chi connectivity index (χ1) is 19.5. The van der Waals surface area contributed by atoms with E-state index in [1.807, 2.05) is 0 Å². The molecule has 4 aromatic rings. The van der Waals surface area contributed by atoms with Gasteiger partial charge in [-0.3, -0.25) is 0 Å². The third kappa shape index (κ3) is 5.06. The Bertz CT molecular complexity index is 1640. The van der Waals surface area contributed by atoms with Crippen LogP contribution in [0, 0.1) is 39.0 Å². The average molecular weight is 614 g/mol. The molecular weight excluding hydrogens is 572 g/mol. The van der Waals surface area contributed by atoms with Crippen molar-refractivity contribution >= 4 is 3.21 Å². The molecule has 0 aliphatic heterocycles. The molecule has 0 spiro atoms. The van der Waals surface area contributed by atoms with Crippen LogP contribution in [0.3, 0.4) is 0 Å². The molecule has 0 aromatic heterocycles. The fourth-order valence-corrected chi connectivity index (χ4v) is 16.2. The Morgan fingerprint density at radius 3 is 1.49 bits per heavy atom. The third-order valence-corrected chi connectivity index (χ3v) is 18.0. The minimum atomic E-state index is -2.76. The number of hydrogen-bond donors (Lipinski definition) is 0. The van der Waals surface area contributed by atoms with Crippen LogP contribution in [0.5, 0.6) is 0 Å². The molecule has 206 valence electrons. The molecule has 0 heterocycles. The first-order valence-electron chi connectivity index (χ1n) is 15.1. The molecule has 4 aromatic carbocycles. The summed E-state index contributed by atoms with van der Waals surface area (Å²) in [6.45, 7) is 18.7. The number of fused-ring (bicyclic) bond motifs is 3. The van der Waals surface area contributed by atoms with E-state index in [2.05, 4.69) is 152 Å². The van der Waals surface area contributed by atoms with Crippen LogP contribution >= 0.6 is 0 Å². The van der Waals surface area contributed by atoms with Crippen molar-refractivity contribution in [1.82, 2.24) is 0 Å². The fourth-order valence-electron chi connectivity index (χ4n) is 6.74. The molecule has 6 rings (SSSR count). The normalized spacial score (nSPS) is 16.2. The summed E-state index contributed by atoms with van der Waals surface area (Å²) < 4.78 is 3.77. The third-order valence-electron chi connectivity index (χ3n) is 9.34. The molecule has 0 radical (unpaired) electrons. The van der Waals surface area contributed by atoms with Crippen LogP contribution in [0.2, 0.25) is 0 Å². The van der Waals surface area contributed by atoms with Gasteiger partial charge in [0.05, 0.1) is 0 Å². The van der Waals surface area contributed by atoms with Crippen molar-refractivity contribution < 1.29 is 21.3 Å². The maximum atomic E-state index is 2.64. The summed E-state index contributed by atoms with van der Waals surface area (Å²) in [5, 5.41) is 0. The molecule has 2 aliphatic rings. The summed E-state index contributed by atoms with van der Waals surface area (Å²) in [4.78, 5) is 0. The second-order valence-electron chi connectivity index (χ2n) is 13.3. The zero-order valence-corrected chi connectivity index (χ0v) is 28.4. The van der Waals surface area contributed by atoms with Gasteiger partial charge in [0, 0.05) is 0 Å². The van der Waals surface area contributed by atoms with Crippen LogP contribution in [0.25, 0.3) is 11.1 Å². The number of rotatable bonds is 4. The monoisotopic (exact) mass is 612 g/mol. The molecular formula is C40H42Zr. The van der Waals surface area contributed by atoms with E-state index in [-0.39, 0.29) is 5.41 Å². The second-order valence-corrected chi connectivity index (χ2v) is 19.4. The van der Waals surface area contributed by atoms with E-state index in [4.69, 9.17) is 0 Å². The molecule has 0 saturated heterocycles. The van der Waals surface area contributed by atoms with Crippen molar-refractivity contribution in [2.45, 2.75) is 59.0 Å². The van der Waals surface area contributed by atoms with E-state index < -0.39 is 21.3 Å². The predicted octanol–water partition coefficient (Wildman–Crippen LogP) is 10.4. The molecule has 0 bridgehead atoms. The van der Waals surface area contributed by atoms with E-state index >= 15 is 0 Å². The molecule has 2 aliphatic carbocycles. The van der Waals surface area contributed by atoms with E-state index in [1.165, 1.54) is 50.1 Å². The van der Waals surface area contributed by atoms with Crippen LogP contribution in [0.15, 0.2) is 106 Å². The second kappa shape index (κ2) is 10.7. The van der Waals surface area contributed by atoms with Crippen molar-refractivity contribution in [3.05, 3.63) is 150 Å². The van der Waals surface area contributed by atoms with Crippen LogP contribution in [0.1, 0.15) is 75.8 Å². The number of hydrogen-bond acceptors (Lipinski definition) is 0. The van der Waals surface area contributed by atoms with Gasteiger partial charge in [-0.15, -0.1) is 0 Å². The van der Waals surface area contributed by atoms with Gasteiger partial charge in [-0.05, 0) is 0 Å². The number of benzene rings is 4. The predicted molar refractivity (Wildman–Crippen MR) is 174 cm³/mol. The Morgan fingerprint density at radius 1 is 0.634 bits per heavy atom. The Balaban J connectivity index is 1.77. The van der Waals surface area contributed by atoms with Crippen molar-refractivity contribution in [2.75, 3.05) is 0 Å². The summed E-state index contributed by atoms with van der Waals surface area (Å²) in [6, 6.07) is 32.7. The molecule has 0 nitrogen and oxygen atoms in total. The molecule has 41 heavy (non-hydrogen) atoms. The van der Waals surface area contributed by atoms with Crippen molar-refractivity contribution in [1.29, 1.82) is 0 Å². The SMILES string of the molecule is Cc1cc2c(cc1C)[CH]([Zr]([C]1=CC(C(C)(C)C)=CC1C)=[C](c1ccccc1)c1ccccc1)c1cc(C)c(C)cc1-2. The van der Waals surface area contributed by atoms with Gasteiger partial charge in [0.25, 0.3) is 0 Å². The van der Waals surface area contributed by atoms with Crippen LogP contribution in [-0.2, 0) is 21.3 Å². The quantitative estimate of drug-likeness (QED) is 0.215. The molecule has 1 heteroatoms. The van der Waals surface area contributed by atoms with Crippen LogP contribution in [-0.4, -0.2) is 3.21 Å². The maximum absolute atomic E-state index is 2.76. The Labute approximate surface area is 255 Å². The number of allylic oxidation sites excluding steroid dienone is 4. The standard InChI is InChI=1S/C17H17.C13H10.C10H15.Zr/c1-10-5-14-9-15-6-11(2)13(4)8-17(15)16(14)7-12(10)3;1-3-7-12(8-4-1)11-13-9-5-2-6-10-13;1-8-5-6-9(7-8)10(2,3)4;/h5-9H,1-4H3;1-10H;6-8H,1-4H3;. The minimum absolute atomic E-state index is 0.136. The first-order valence-corrected chi connectivity index (χ1v) is 18.9. The summed E-state index contributed by atoms with van der Waals surface area (Å²) in [6.07, 6.45) is 5.21. The van der Waals surface area contributed by atoms with Gasteiger partial charge in [-0.25, -0.2) is 0 Å². The van der Waals surface area contributed by atoms with Gasteiger partial charge < -0.3 is 0 Å². The Kier molecular flexibility index (Phi) is 7.40.